The van der Waals surface area contributed by atoms with Crippen LogP contribution in [-0.2, 0) is 0 Å². The van der Waals surface area contributed by atoms with E-state index >= 15 is 0 Å². The van der Waals surface area contributed by atoms with Gasteiger partial charge in [0.1, 0.15) is 29.4 Å². The molecule has 26 heavy (non-hydrogen) atoms. The molecular weight excluding hydrogens is 342 g/mol. The number of rotatable bonds is 2. The van der Waals surface area contributed by atoms with Gasteiger partial charge in [0.25, 0.3) is 0 Å². The van der Waals surface area contributed by atoms with Gasteiger partial charge in [0.2, 0.25) is 5.88 Å². The fourth-order valence-corrected chi connectivity index (χ4v) is 2.52. The van der Waals surface area contributed by atoms with Gasteiger partial charge in [0.05, 0.1) is 26.0 Å². The van der Waals surface area contributed by atoms with Crippen molar-refractivity contribution in [3.63, 3.8) is 0 Å². The number of ether oxygens (including phenoxy) is 1. The largest absolute Gasteiger partial charge is 0.481 e. The fourth-order valence-electron chi connectivity index (χ4n) is 2.52. The summed E-state index contributed by atoms with van der Waals surface area (Å²) in [5.74, 6) is 0.779. The van der Waals surface area contributed by atoms with Crippen molar-refractivity contribution in [1.82, 2.24) is 19.6 Å². The van der Waals surface area contributed by atoms with Crippen LogP contribution in [0, 0.1) is 17.1 Å². The van der Waals surface area contributed by atoms with Gasteiger partial charge in [-0.15, -0.1) is 0 Å². The number of aromatic nitrogens is 4. The highest BCUT2D eigenvalue weighted by atomic mass is 19.1. The molecule has 0 amide bonds. The molecule has 1 aliphatic heterocycles. The highest BCUT2D eigenvalue weighted by Gasteiger charge is 2.23. The molecule has 0 saturated carbocycles. The molecule has 4 rings (SSSR count). The maximum atomic E-state index is 13.1. The second kappa shape index (κ2) is 7.74. The van der Waals surface area contributed by atoms with Crippen LogP contribution in [-0.4, -0.2) is 46.0 Å². The second-order valence-corrected chi connectivity index (χ2v) is 5.57. The van der Waals surface area contributed by atoms with Crippen LogP contribution >= 0.6 is 0 Å². The van der Waals surface area contributed by atoms with Gasteiger partial charge in [-0.25, -0.2) is 23.3 Å². The van der Waals surface area contributed by atoms with Crippen molar-refractivity contribution in [2.75, 3.05) is 25.1 Å². The summed E-state index contributed by atoms with van der Waals surface area (Å²) in [5, 5.41) is 12.9. The van der Waals surface area contributed by atoms with E-state index in [-0.39, 0.29) is 5.82 Å². The van der Waals surface area contributed by atoms with Crippen molar-refractivity contribution in [2.45, 2.75) is 12.6 Å². The van der Waals surface area contributed by atoms with Crippen molar-refractivity contribution in [2.24, 2.45) is 0 Å². The molecule has 0 N–H and O–H groups in total. The van der Waals surface area contributed by atoms with Gasteiger partial charge in [-0.3, -0.25) is 0 Å². The lowest BCUT2D eigenvalue weighted by molar-refractivity contribution is 0.364. The van der Waals surface area contributed by atoms with E-state index in [9.17, 15) is 8.78 Å². The van der Waals surface area contributed by atoms with Crippen LogP contribution in [0.2, 0.25) is 0 Å². The molecule has 9 heteroatoms. The predicted octanol–water partition coefficient (Wildman–Crippen LogP) is 2.38. The van der Waals surface area contributed by atoms with E-state index in [0.29, 0.717) is 42.4 Å². The number of hydrogen-bond acceptors (Lipinski definition) is 6. The summed E-state index contributed by atoms with van der Waals surface area (Å²) in [4.78, 5) is 9.85. The van der Waals surface area contributed by atoms with E-state index < -0.39 is 6.17 Å². The highest BCUT2D eigenvalue weighted by Crippen LogP contribution is 2.21. The first-order valence-electron chi connectivity index (χ1n) is 7.89. The molecule has 134 valence electrons. The maximum Gasteiger partial charge on any atom is 0.213 e. The Hall–Kier alpha value is -3.28. The number of hydrogen-bond donors (Lipinski definition) is 0. The van der Waals surface area contributed by atoms with E-state index in [4.69, 9.17) is 10.00 Å². The summed E-state index contributed by atoms with van der Waals surface area (Å²) in [6.45, 7) is 1.04. The van der Waals surface area contributed by atoms with Crippen molar-refractivity contribution in [3.05, 3.63) is 48.2 Å². The minimum absolute atomic E-state index is 0.351. The minimum Gasteiger partial charge on any atom is -0.481 e. The number of fused-ring (bicyclic) bond motifs is 1. The number of nitriles is 1. The van der Waals surface area contributed by atoms with Gasteiger partial charge in [-0.2, -0.15) is 10.4 Å². The molecule has 0 radical (unpaired) electrons. The Morgan fingerprint density at radius 3 is 2.77 bits per heavy atom. The lowest BCUT2D eigenvalue weighted by atomic mass is 10.3. The monoisotopic (exact) mass is 358 g/mol. The van der Waals surface area contributed by atoms with E-state index in [1.165, 1.54) is 25.4 Å². The third-order valence-corrected chi connectivity index (χ3v) is 3.84. The maximum absolute atomic E-state index is 13.1. The van der Waals surface area contributed by atoms with Gasteiger partial charge in [0.15, 0.2) is 5.65 Å². The van der Waals surface area contributed by atoms with Gasteiger partial charge in [-0.1, -0.05) is 0 Å². The SMILES string of the molecule is COc1ccc(F)cn1.N#Cc1cnn2ccc(N3CCC(F)C3)nc12. The van der Waals surface area contributed by atoms with Crippen LogP contribution in [0.4, 0.5) is 14.6 Å². The van der Waals surface area contributed by atoms with Crippen molar-refractivity contribution < 1.29 is 13.5 Å². The van der Waals surface area contributed by atoms with E-state index in [2.05, 4.69) is 15.1 Å². The number of anilines is 1. The van der Waals surface area contributed by atoms with Crippen LogP contribution < -0.4 is 9.64 Å². The number of nitrogens with zero attached hydrogens (tertiary/aromatic N) is 6. The molecule has 4 heterocycles. The van der Waals surface area contributed by atoms with Crippen molar-refractivity contribution >= 4 is 11.5 Å². The van der Waals surface area contributed by atoms with Crippen LogP contribution in [0.1, 0.15) is 12.0 Å². The van der Waals surface area contributed by atoms with E-state index in [1.54, 1.807) is 16.8 Å². The summed E-state index contributed by atoms with van der Waals surface area (Å²) >= 11 is 0. The summed E-state index contributed by atoms with van der Waals surface area (Å²) in [6.07, 6.45) is 4.09. The zero-order chi connectivity index (χ0) is 18.5. The Balaban J connectivity index is 0.000000185. The zero-order valence-corrected chi connectivity index (χ0v) is 14.0. The first kappa shape index (κ1) is 17.5. The normalized spacial score (nSPS) is 16.1. The molecule has 7 nitrogen and oxygen atoms in total. The molecular formula is C17H16F2N6O. The standard InChI is InChI=1S/C11H10FN5.C6H6FNO/c12-9-1-3-16(7-9)10-2-4-17-11(15-10)8(5-13)6-14-17;1-9-6-3-2-5(7)4-8-6/h2,4,6,9H,1,3,7H2;2-4H,1H3. The first-order chi connectivity index (χ1) is 12.6. The number of pyridine rings is 1. The topological polar surface area (TPSA) is 79.3 Å². The molecule has 1 aliphatic rings. The Kier molecular flexibility index (Phi) is 5.22. The first-order valence-corrected chi connectivity index (χ1v) is 7.89. The van der Waals surface area contributed by atoms with Crippen LogP contribution in [0.5, 0.6) is 5.88 Å². The number of alkyl halides is 1. The molecule has 0 bridgehead atoms. The third-order valence-electron chi connectivity index (χ3n) is 3.84. The summed E-state index contributed by atoms with van der Waals surface area (Å²) < 4.78 is 31.5. The molecule has 0 spiro atoms. The Morgan fingerprint density at radius 1 is 1.31 bits per heavy atom. The summed E-state index contributed by atoms with van der Waals surface area (Å²) in [5.41, 5.74) is 0.954. The molecule has 1 atom stereocenters. The van der Waals surface area contributed by atoms with Crippen LogP contribution in [0.3, 0.4) is 0 Å². The van der Waals surface area contributed by atoms with Gasteiger partial charge in [-0.05, 0) is 18.6 Å². The number of halogens is 2. The molecule has 1 fully saturated rings. The summed E-state index contributed by atoms with van der Waals surface area (Å²) in [6, 6.07) is 6.59. The molecule has 1 saturated heterocycles. The highest BCUT2D eigenvalue weighted by molar-refractivity contribution is 5.57. The van der Waals surface area contributed by atoms with Crippen molar-refractivity contribution in [1.29, 1.82) is 5.26 Å². The Morgan fingerprint density at radius 2 is 2.15 bits per heavy atom. The van der Waals surface area contributed by atoms with Crippen LogP contribution in [0.15, 0.2) is 36.8 Å². The molecule has 3 aromatic heterocycles. The predicted molar refractivity (Wildman–Crippen MR) is 90.2 cm³/mol. The van der Waals surface area contributed by atoms with Gasteiger partial charge in [0, 0.05) is 18.8 Å². The molecule has 3 aromatic rings. The minimum atomic E-state index is -0.784. The average Bonchev–Trinajstić information content (AvgIpc) is 3.28. The van der Waals surface area contributed by atoms with E-state index in [1.807, 2.05) is 11.0 Å². The Labute approximate surface area is 148 Å². The lowest BCUT2D eigenvalue weighted by Crippen LogP contribution is -2.21. The molecule has 1 unspecified atom stereocenters. The lowest BCUT2D eigenvalue weighted by Gasteiger charge is -2.15. The fraction of sp³-hybridized carbons (Fsp3) is 0.294. The van der Waals surface area contributed by atoms with Gasteiger partial charge >= 0.3 is 0 Å². The smallest absolute Gasteiger partial charge is 0.213 e. The molecule has 0 aromatic carbocycles. The van der Waals surface area contributed by atoms with Gasteiger partial charge < -0.3 is 9.64 Å². The average molecular weight is 358 g/mol. The zero-order valence-electron chi connectivity index (χ0n) is 14.0. The quantitative estimate of drug-likeness (QED) is 0.700. The number of methoxy groups -OCH3 is 1. The summed E-state index contributed by atoms with van der Waals surface area (Å²) in [7, 11) is 1.49. The van der Waals surface area contributed by atoms with Crippen LogP contribution in [0.25, 0.3) is 5.65 Å². The molecule has 0 aliphatic carbocycles. The Bertz CT molecular complexity index is 921. The van der Waals surface area contributed by atoms with E-state index in [0.717, 1.165) is 6.20 Å². The van der Waals surface area contributed by atoms with Crippen molar-refractivity contribution in [3.8, 4) is 11.9 Å². The third kappa shape index (κ3) is 3.85. The second-order valence-electron chi connectivity index (χ2n) is 5.57.